The molecule has 0 aromatic heterocycles. The molecule has 4 nitrogen and oxygen atoms in total. The second-order valence-corrected chi connectivity index (χ2v) is 6.45. The molecule has 27 heavy (non-hydrogen) atoms. The van der Waals surface area contributed by atoms with Crippen molar-refractivity contribution in [2.45, 2.75) is 70.5 Å². The number of ketones is 1. The largest absolute Gasteiger partial charge is 0.394 e. The van der Waals surface area contributed by atoms with Gasteiger partial charge in [-0.05, 0) is 18.9 Å². The average Bonchev–Trinajstić information content (AvgIpc) is 2.68. The highest BCUT2D eigenvalue weighted by atomic mass is 16.4. The van der Waals surface area contributed by atoms with Crippen LogP contribution in [0.1, 0.15) is 58.3 Å². The number of unbranched alkanes of at least 4 members (excludes halogenated alkanes) is 7. The maximum atomic E-state index is 11.4. The third kappa shape index (κ3) is 16.2. The number of hydrogen-bond acceptors (Lipinski definition) is 4. The van der Waals surface area contributed by atoms with E-state index < -0.39 is 24.6 Å². The summed E-state index contributed by atoms with van der Waals surface area (Å²) in [4.78, 5) is 11.4. The van der Waals surface area contributed by atoms with Crippen molar-refractivity contribution in [3.63, 3.8) is 0 Å². The van der Waals surface area contributed by atoms with Crippen LogP contribution in [-0.2, 0) is 4.79 Å². The first-order valence-electron chi connectivity index (χ1n) is 9.97. The minimum Gasteiger partial charge on any atom is -0.394 e. The van der Waals surface area contributed by atoms with Gasteiger partial charge in [-0.1, -0.05) is 100 Å². The number of rotatable bonds is 16. The van der Waals surface area contributed by atoms with Crippen molar-refractivity contribution in [2.24, 2.45) is 0 Å². The molecule has 2 unspecified atom stereocenters. The van der Waals surface area contributed by atoms with Gasteiger partial charge in [0.05, 0.1) is 6.61 Å². The Balaban J connectivity index is 3.78. The maximum Gasteiger partial charge on any atom is 0.186 e. The first-order valence-corrected chi connectivity index (χ1v) is 9.97. The van der Waals surface area contributed by atoms with Crippen LogP contribution in [0, 0.1) is 0 Å². The molecule has 0 heterocycles. The van der Waals surface area contributed by atoms with Gasteiger partial charge in [-0.15, -0.1) is 0 Å². The number of carbonyl (C=O) groups excluding carboxylic acids is 1. The molecule has 0 aliphatic rings. The topological polar surface area (TPSA) is 77.8 Å². The van der Waals surface area contributed by atoms with Crippen LogP contribution < -0.4 is 0 Å². The van der Waals surface area contributed by atoms with E-state index in [9.17, 15) is 9.90 Å². The van der Waals surface area contributed by atoms with Crippen LogP contribution in [-0.4, -0.2) is 39.9 Å². The summed E-state index contributed by atoms with van der Waals surface area (Å²) >= 11 is 0. The molecule has 0 rings (SSSR count). The number of aliphatic hydroxyl groups excluding tert-OH is 3. The number of carbonyl (C=O) groups is 1. The first-order chi connectivity index (χ1) is 13.1. The Labute approximate surface area is 164 Å². The summed E-state index contributed by atoms with van der Waals surface area (Å²) in [5.74, 6) is -0.642. The van der Waals surface area contributed by atoms with E-state index in [1.165, 1.54) is 51.0 Å². The summed E-state index contributed by atoms with van der Waals surface area (Å²) < 4.78 is 0. The van der Waals surface area contributed by atoms with Crippen molar-refractivity contribution in [1.82, 2.24) is 0 Å². The summed E-state index contributed by atoms with van der Waals surface area (Å²) in [6.45, 7) is 1.59. The standard InChI is InChI=1S/C23H36O4/c1-2-3-4-5-6-7-8-9-10-11-12-13-14-15-16-17-18-19-21(25)23(27)22(26)20-24/h10-19,22-24,26-27H,2-9,20H2,1H3. The highest BCUT2D eigenvalue weighted by Gasteiger charge is 2.20. The van der Waals surface area contributed by atoms with Crippen molar-refractivity contribution in [3.05, 3.63) is 60.8 Å². The Morgan fingerprint density at radius 2 is 1.30 bits per heavy atom. The first kappa shape index (κ1) is 25.2. The molecule has 0 fully saturated rings. The second kappa shape index (κ2) is 19.0. The van der Waals surface area contributed by atoms with Gasteiger partial charge in [0.25, 0.3) is 0 Å². The summed E-state index contributed by atoms with van der Waals surface area (Å²) in [5, 5.41) is 27.2. The minimum atomic E-state index is -1.59. The third-order valence-corrected chi connectivity index (χ3v) is 3.99. The van der Waals surface area contributed by atoms with Crippen LogP contribution in [0.5, 0.6) is 0 Å². The summed E-state index contributed by atoms with van der Waals surface area (Å²) in [5.41, 5.74) is 0. The molecule has 0 aromatic rings. The lowest BCUT2D eigenvalue weighted by Crippen LogP contribution is -2.35. The van der Waals surface area contributed by atoms with Gasteiger partial charge in [-0.3, -0.25) is 4.79 Å². The quantitative estimate of drug-likeness (QED) is 0.214. The predicted octanol–water partition coefficient (Wildman–Crippen LogP) is 4.19. The number of hydrogen-bond donors (Lipinski definition) is 3. The zero-order valence-electron chi connectivity index (χ0n) is 16.5. The second-order valence-electron chi connectivity index (χ2n) is 6.45. The van der Waals surface area contributed by atoms with Gasteiger partial charge in [0.2, 0.25) is 0 Å². The molecular weight excluding hydrogens is 340 g/mol. The monoisotopic (exact) mass is 376 g/mol. The van der Waals surface area contributed by atoms with Gasteiger partial charge in [-0.2, -0.15) is 0 Å². The highest BCUT2D eigenvalue weighted by molar-refractivity contribution is 5.94. The van der Waals surface area contributed by atoms with Gasteiger partial charge in [0.15, 0.2) is 5.78 Å². The summed E-state index contributed by atoms with van der Waals surface area (Å²) in [6.07, 6.45) is 25.3. The molecule has 4 heteroatoms. The molecule has 0 radical (unpaired) electrons. The Morgan fingerprint density at radius 1 is 0.778 bits per heavy atom. The summed E-state index contributed by atoms with van der Waals surface area (Å²) in [6, 6.07) is 0. The smallest absolute Gasteiger partial charge is 0.186 e. The van der Waals surface area contributed by atoms with Crippen LogP contribution in [0.2, 0.25) is 0 Å². The molecule has 0 amide bonds. The average molecular weight is 377 g/mol. The van der Waals surface area contributed by atoms with E-state index in [4.69, 9.17) is 10.2 Å². The lowest BCUT2D eigenvalue weighted by molar-refractivity contribution is -0.129. The molecule has 152 valence electrons. The van der Waals surface area contributed by atoms with Gasteiger partial charge in [-0.25, -0.2) is 0 Å². The molecular formula is C23H36O4. The molecule has 0 saturated carbocycles. The van der Waals surface area contributed by atoms with Crippen molar-refractivity contribution >= 4 is 5.78 Å². The molecule has 0 aliphatic heterocycles. The third-order valence-electron chi connectivity index (χ3n) is 3.99. The SMILES string of the molecule is CCCCCCCCCC=CC=CC=CC=CC=CC(=O)C(O)C(O)CO. The van der Waals surface area contributed by atoms with E-state index in [1.807, 2.05) is 24.3 Å². The van der Waals surface area contributed by atoms with Crippen molar-refractivity contribution < 1.29 is 20.1 Å². The van der Waals surface area contributed by atoms with E-state index in [0.29, 0.717) is 0 Å². The van der Waals surface area contributed by atoms with Crippen LogP contribution in [0.4, 0.5) is 0 Å². The zero-order valence-corrected chi connectivity index (χ0v) is 16.5. The summed E-state index contributed by atoms with van der Waals surface area (Å²) in [7, 11) is 0. The Bertz CT molecular complexity index is 501. The van der Waals surface area contributed by atoms with E-state index in [0.717, 1.165) is 12.5 Å². The fourth-order valence-corrected chi connectivity index (χ4v) is 2.32. The molecule has 2 atom stereocenters. The van der Waals surface area contributed by atoms with Crippen LogP contribution in [0.3, 0.4) is 0 Å². The van der Waals surface area contributed by atoms with Crippen molar-refractivity contribution in [1.29, 1.82) is 0 Å². The van der Waals surface area contributed by atoms with E-state index in [-0.39, 0.29) is 0 Å². The van der Waals surface area contributed by atoms with Gasteiger partial charge < -0.3 is 15.3 Å². The highest BCUT2D eigenvalue weighted by Crippen LogP contribution is 2.08. The molecule has 0 aromatic carbocycles. The van der Waals surface area contributed by atoms with Crippen LogP contribution in [0.25, 0.3) is 0 Å². The van der Waals surface area contributed by atoms with E-state index >= 15 is 0 Å². The van der Waals surface area contributed by atoms with E-state index in [2.05, 4.69) is 19.1 Å². The minimum absolute atomic E-state index is 0.642. The maximum absolute atomic E-state index is 11.4. The molecule has 0 bridgehead atoms. The van der Waals surface area contributed by atoms with Crippen LogP contribution in [0.15, 0.2) is 60.8 Å². The van der Waals surface area contributed by atoms with E-state index in [1.54, 1.807) is 12.2 Å². The number of allylic oxidation sites excluding steroid dienone is 9. The Morgan fingerprint density at radius 3 is 1.89 bits per heavy atom. The molecule has 0 saturated heterocycles. The van der Waals surface area contributed by atoms with Gasteiger partial charge in [0, 0.05) is 0 Å². The Kier molecular flexibility index (Phi) is 17.8. The molecule has 0 aliphatic carbocycles. The van der Waals surface area contributed by atoms with Crippen LogP contribution >= 0.6 is 0 Å². The van der Waals surface area contributed by atoms with Gasteiger partial charge >= 0.3 is 0 Å². The normalized spacial score (nSPS) is 15.1. The molecule has 3 N–H and O–H groups in total. The Hall–Kier alpha value is -1.75. The zero-order chi connectivity index (χ0) is 20.2. The lowest BCUT2D eigenvalue weighted by atomic mass is 10.1. The number of aliphatic hydroxyl groups is 3. The fraction of sp³-hybridized carbons (Fsp3) is 0.522. The molecule has 0 spiro atoms. The predicted molar refractivity (Wildman–Crippen MR) is 112 cm³/mol. The van der Waals surface area contributed by atoms with Gasteiger partial charge in [0.1, 0.15) is 12.2 Å². The van der Waals surface area contributed by atoms with Crippen molar-refractivity contribution in [2.75, 3.05) is 6.61 Å². The lowest BCUT2D eigenvalue weighted by Gasteiger charge is -2.11. The van der Waals surface area contributed by atoms with Crippen molar-refractivity contribution in [3.8, 4) is 0 Å². The fourth-order valence-electron chi connectivity index (χ4n) is 2.32.